The van der Waals surface area contributed by atoms with Crippen LogP contribution in [0.25, 0.3) is 0 Å². The highest BCUT2D eigenvalue weighted by molar-refractivity contribution is 7.99. The van der Waals surface area contributed by atoms with E-state index in [9.17, 15) is 9.35 Å². The molecule has 6 heteroatoms. The van der Waals surface area contributed by atoms with E-state index in [-0.39, 0.29) is 0 Å². The summed E-state index contributed by atoms with van der Waals surface area (Å²) in [5.74, 6) is 0. The molecule has 2 rings (SSSR count). The Labute approximate surface area is 147 Å². The van der Waals surface area contributed by atoms with Gasteiger partial charge in [0.1, 0.15) is 5.60 Å². The van der Waals surface area contributed by atoms with Crippen molar-refractivity contribution in [3.8, 4) is 0 Å². The number of amides is 1. The van der Waals surface area contributed by atoms with Gasteiger partial charge in [-0.05, 0) is 31.4 Å². The van der Waals surface area contributed by atoms with Gasteiger partial charge in [0.15, 0.2) is 5.49 Å². The van der Waals surface area contributed by atoms with Crippen LogP contribution in [0.1, 0.15) is 20.8 Å². The Morgan fingerprint density at radius 1 is 1.04 bits per heavy atom. The van der Waals surface area contributed by atoms with Gasteiger partial charge < -0.3 is 9.29 Å². The van der Waals surface area contributed by atoms with Crippen LogP contribution in [0.5, 0.6) is 0 Å². The van der Waals surface area contributed by atoms with Gasteiger partial charge in [-0.2, -0.15) is 0 Å². The van der Waals surface area contributed by atoms with E-state index in [4.69, 9.17) is 4.74 Å². The van der Waals surface area contributed by atoms with Crippen LogP contribution in [-0.4, -0.2) is 21.7 Å². The molecule has 0 radical (unpaired) electrons. The topological polar surface area (TPSA) is 61.4 Å². The molecular weight excluding hydrogens is 341 g/mol. The Morgan fingerprint density at radius 2 is 1.50 bits per heavy atom. The van der Waals surface area contributed by atoms with Crippen LogP contribution in [0.2, 0.25) is 0 Å². The van der Waals surface area contributed by atoms with E-state index in [1.165, 1.54) is 0 Å². The Morgan fingerprint density at radius 3 is 1.92 bits per heavy atom. The van der Waals surface area contributed by atoms with Crippen molar-refractivity contribution >= 4 is 36.0 Å². The van der Waals surface area contributed by atoms with E-state index in [2.05, 4.69) is 4.72 Å². The largest absolute Gasteiger partial charge is 0.593 e. The first kappa shape index (κ1) is 18.8. The molecule has 1 atom stereocenters. The molecule has 2 aromatic rings. The number of nitrogens with one attached hydrogen (secondary N) is 1. The third-order valence-electron chi connectivity index (χ3n) is 2.98. The highest BCUT2D eigenvalue weighted by Gasteiger charge is 2.25. The minimum absolute atomic E-state index is 0.350. The maximum absolute atomic E-state index is 12.4. The predicted molar refractivity (Wildman–Crippen MR) is 101 cm³/mol. The Bertz CT molecular complexity index is 607. The number of carbonyl (C=O) groups is 1. The summed E-state index contributed by atoms with van der Waals surface area (Å²) in [4.78, 5) is 11.8. The van der Waals surface area contributed by atoms with Crippen molar-refractivity contribution in [1.82, 2.24) is 4.72 Å². The smallest absolute Gasteiger partial charge is 0.449 e. The van der Waals surface area contributed by atoms with E-state index in [1.807, 2.05) is 60.7 Å². The van der Waals surface area contributed by atoms with Crippen molar-refractivity contribution in [3.05, 3.63) is 60.7 Å². The summed E-state index contributed by atoms with van der Waals surface area (Å²) in [6.07, 6.45) is -0.656. The standard InChI is InChI=1S/C18H22NO3PS/c1-18(2,3)22-17(20)19-24(21)14-23(15-10-6-4-7-11-15)16-12-8-5-9-13-16/h4-13H,14H2,1-3H3,(H,19,20). The van der Waals surface area contributed by atoms with Crippen LogP contribution >= 0.6 is 7.92 Å². The van der Waals surface area contributed by atoms with Gasteiger partial charge in [-0.25, -0.2) is 4.79 Å². The van der Waals surface area contributed by atoms with Crippen molar-refractivity contribution in [2.45, 2.75) is 26.4 Å². The van der Waals surface area contributed by atoms with Gasteiger partial charge in [0, 0.05) is 7.92 Å². The highest BCUT2D eigenvalue weighted by Crippen LogP contribution is 2.34. The lowest BCUT2D eigenvalue weighted by Gasteiger charge is -2.22. The monoisotopic (exact) mass is 363 g/mol. The maximum Gasteiger partial charge on any atom is 0.449 e. The molecule has 0 fully saturated rings. The normalized spacial score (nSPS) is 12.7. The molecule has 2 aromatic carbocycles. The Hall–Kier alpha value is -1.55. The molecule has 0 saturated carbocycles. The SMILES string of the molecule is CC(C)(C)OC(=O)N[S+]([O-])CP(c1ccccc1)c1ccccc1. The summed E-state index contributed by atoms with van der Waals surface area (Å²) >= 11 is -1.51. The molecule has 0 bridgehead atoms. The fourth-order valence-electron chi connectivity index (χ4n) is 2.06. The van der Waals surface area contributed by atoms with E-state index in [1.54, 1.807) is 20.8 Å². The van der Waals surface area contributed by atoms with Gasteiger partial charge in [0.25, 0.3) is 0 Å². The van der Waals surface area contributed by atoms with Crippen molar-refractivity contribution in [1.29, 1.82) is 0 Å². The molecule has 1 amide bonds. The van der Waals surface area contributed by atoms with Crippen LogP contribution in [0, 0.1) is 0 Å². The van der Waals surface area contributed by atoms with Crippen molar-refractivity contribution in [2.75, 3.05) is 5.49 Å². The lowest BCUT2D eigenvalue weighted by molar-refractivity contribution is 0.0570. The third kappa shape index (κ3) is 6.16. The fourth-order valence-corrected chi connectivity index (χ4v) is 6.03. The zero-order chi connectivity index (χ0) is 17.6. The van der Waals surface area contributed by atoms with E-state index >= 15 is 0 Å². The first-order chi connectivity index (χ1) is 11.3. The summed E-state index contributed by atoms with van der Waals surface area (Å²) in [7, 11) is -0.824. The number of rotatable bonds is 5. The molecule has 4 nitrogen and oxygen atoms in total. The molecule has 0 spiro atoms. The van der Waals surface area contributed by atoms with Gasteiger partial charge >= 0.3 is 6.09 Å². The first-order valence-corrected chi connectivity index (χ1v) is 10.5. The van der Waals surface area contributed by atoms with E-state index in [0.717, 1.165) is 10.6 Å². The van der Waals surface area contributed by atoms with E-state index < -0.39 is 31.0 Å². The van der Waals surface area contributed by atoms with Crippen LogP contribution < -0.4 is 15.3 Å². The highest BCUT2D eigenvalue weighted by atomic mass is 32.2. The molecule has 0 heterocycles. The lowest BCUT2D eigenvalue weighted by Crippen LogP contribution is -2.38. The molecule has 0 aromatic heterocycles. The lowest BCUT2D eigenvalue weighted by atomic mass is 10.2. The molecule has 1 unspecified atom stereocenters. The van der Waals surface area contributed by atoms with Crippen LogP contribution in [0.15, 0.2) is 60.7 Å². The van der Waals surface area contributed by atoms with Crippen LogP contribution in [0.4, 0.5) is 4.79 Å². The predicted octanol–water partition coefficient (Wildman–Crippen LogP) is 3.27. The molecule has 24 heavy (non-hydrogen) atoms. The summed E-state index contributed by atoms with van der Waals surface area (Å²) in [6, 6.07) is 19.9. The fraction of sp³-hybridized carbons (Fsp3) is 0.278. The number of hydrogen-bond donors (Lipinski definition) is 1. The second-order valence-corrected chi connectivity index (χ2v) is 9.99. The summed E-state index contributed by atoms with van der Waals surface area (Å²) in [5, 5.41) is 2.25. The zero-order valence-electron chi connectivity index (χ0n) is 14.1. The Kier molecular flexibility index (Phi) is 6.67. The Balaban J connectivity index is 2.10. The minimum Gasteiger partial charge on any atom is -0.593 e. The van der Waals surface area contributed by atoms with Crippen molar-refractivity contribution in [3.63, 3.8) is 0 Å². The van der Waals surface area contributed by atoms with Gasteiger partial charge in [-0.1, -0.05) is 60.7 Å². The molecule has 1 N–H and O–H groups in total. The average Bonchev–Trinajstić information content (AvgIpc) is 2.52. The van der Waals surface area contributed by atoms with Crippen molar-refractivity contribution in [2.24, 2.45) is 0 Å². The third-order valence-corrected chi connectivity index (χ3v) is 7.19. The van der Waals surface area contributed by atoms with Gasteiger partial charge in [-0.15, -0.1) is 4.72 Å². The number of ether oxygens (including phenoxy) is 1. The van der Waals surface area contributed by atoms with Crippen LogP contribution in [-0.2, 0) is 16.1 Å². The van der Waals surface area contributed by atoms with Gasteiger partial charge in [0.05, 0.1) is 11.4 Å². The molecule has 0 aliphatic rings. The zero-order valence-corrected chi connectivity index (χ0v) is 15.8. The second kappa shape index (κ2) is 8.52. The average molecular weight is 363 g/mol. The summed E-state index contributed by atoms with van der Waals surface area (Å²) < 4.78 is 20.0. The second-order valence-electron chi connectivity index (χ2n) is 6.18. The van der Waals surface area contributed by atoms with Gasteiger partial charge in [0.2, 0.25) is 0 Å². The number of carbonyl (C=O) groups excluding carboxylic acids is 1. The number of benzene rings is 2. The van der Waals surface area contributed by atoms with Crippen molar-refractivity contribution < 1.29 is 14.1 Å². The maximum atomic E-state index is 12.4. The molecule has 0 saturated heterocycles. The van der Waals surface area contributed by atoms with E-state index in [0.29, 0.717) is 5.49 Å². The summed E-state index contributed by atoms with van der Waals surface area (Å²) in [5.41, 5.74) is -0.263. The first-order valence-electron chi connectivity index (χ1n) is 7.61. The van der Waals surface area contributed by atoms with Gasteiger partial charge in [-0.3, -0.25) is 0 Å². The molecule has 0 aliphatic heterocycles. The molecule has 0 aliphatic carbocycles. The number of hydrogen-bond acceptors (Lipinski definition) is 3. The van der Waals surface area contributed by atoms with Crippen LogP contribution in [0.3, 0.4) is 0 Å². The molecule has 128 valence electrons. The molecular formula is C18H22NO3PS. The minimum atomic E-state index is -1.51. The summed E-state index contributed by atoms with van der Waals surface area (Å²) in [6.45, 7) is 5.32. The quantitative estimate of drug-likeness (QED) is 0.655.